The Kier molecular flexibility index (Phi) is 6.97. The molecule has 170 valence electrons. The first-order valence-corrected chi connectivity index (χ1v) is 9.54. The number of ether oxygens (including phenoxy) is 1. The monoisotopic (exact) mass is 456 g/mol. The molecule has 5 N–H and O–H groups in total. The number of hydrogen-bond donors (Lipinski definition) is 3. The number of aromatic nitrogens is 1. The van der Waals surface area contributed by atoms with Crippen LogP contribution < -0.4 is 21.5 Å². The molecule has 0 bridgehead atoms. The molecule has 0 saturated heterocycles. The number of anilines is 2. The first-order valence-electron chi connectivity index (χ1n) is 9.54. The van der Waals surface area contributed by atoms with E-state index in [-0.39, 0.29) is 23.7 Å². The van der Waals surface area contributed by atoms with Crippen molar-refractivity contribution in [2.24, 2.45) is 5.73 Å². The van der Waals surface area contributed by atoms with Gasteiger partial charge in [-0.05, 0) is 59.7 Å². The van der Waals surface area contributed by atoms with Crippen LogP contribution in [0, 0.1) is 0 Å². The SMILES string of the molecule is NC(=O)c1cc(COc2cccc(C=CC(=O)Nc3cc(N)cc(C(F)(F)F)c3)c2)ccn1. The van der Waals surface area contributed by atoms with Crippen molar-refractivity contribution in [3.63, 3.8) is 0 Å². The number of pyridine rings is 1. The fourth-order valence-corrected chi connectivity index (χ4v) is 2.82. The number of halogens is 3. The number of amides is 2. The highest BCUT2D eigenvalue weighted by molar-refractivity contribution is 6.02. The Labute approximate surface area is 186 Å². The van der Waals surface area contributed by atoms with Gasteiger partial charge in [-0.3, -0.25) is 14.6 Å². The molecule has 0 aliphatic rings. The third-order valence-electron chi connectivity index (χ3n) is 4.32. The van der Waals surface area contributed by atoms with Gasteiger partial charge in [0.1, 0.15) is 18.1 Å². The van der Waals surface area contributed by atoms with Crippen molar-refractivity contribution in [3.8, 4) is 5.75 Å². The lowest BCUT2D eigenvalue weighted by molar-refractivity contribution is -0.137. The van der Waals surface area contributed by atoms with Gasteiger partial charge in [-0.2, -0.15) is 13.2 Å². The van der Waals surface area contributed by atoms with Crippen LogP contribution in [0.15, 0.2) is 66.9 Å². The number of nitrogen functional groups attached to an aromatic ring is 1. The average Bonchev–Trinajstić information content (AvgIpc) is 2.76. The van der Waals surface area contributed by atoms with Crippen LogP contribution in [-0.2, 0) is 17.6 Å². The van der Waals surface area contributed by atoms with E-state index in [2.05, 4.69) is 10.3 Å². The Morgan fingerprint density at radius 1 is 1.09 bits per heavy atom. The molecule has 0 spiro atoms. The molecule has 0 aliphatic carbocycles. The molecule has 0 unspecified atom stereocenters. The van der Waals surface area contributed by atoms with Gasteiger partial charge in [0.15, 0.2) is 0 Å². The highest BCUT2D eigenvalue weighted by atomic mass is 19.4. The number of alkyl halides is 3. The maximum atomic E-state index is 12.9. The van der Waals surface area contributed by atoms with Crippen LogP contribution in [-0.4, -0.2) is 16.8 Å². The first-order chi connectivity index (χ1) is 15.6. The van der Waals surface area contributed by atoms with Gasteiger partial charge in [0, 0.05) is 23.6 Å². The number of nitrogens with zero attached hydrogens (tertiary/aromatic N) is 1. The molecular weight excluding hydrogens is 437 g/mol. The molecule has 0 aliphatic heterocycles. The summed E-state index contributed by atoms with van der Waals surface area (Å²) < 4.78 is 44.4. The molecule has 0 saturated carbocycles. The van der Waals surface area contributed by atoms with Crippen LogP contribution in [0.1, 0.15) is 27.2 Å². The molecule has 2 amide bonds. The number of carbonyl (C=O) groups excluding carboxylic acids is 2. The molecular formula is C23H19F3N4O3. The van der Waals surface area contributed by atoms with Crippen molar-refractivity contribution < 1.29 is 27.5 Å². The summed E-state index contributed by atoms with van der Waals surface area (Å²) in [6, 6.07) is 12.8. The first kappa shape index (κ1) is 23.3. The minimum atomic E-state index is -4.58. The van der Waals surface area contributed by atoms with Crippen LogP contribution in [0.5, 0.6) is 5.75 Å². The van der Waals surface area contributed by atoms with Gasteiger partial charge in [-0.1, -0.05) is 12.1 Å². The number of primary amides is 1. The average molecular weight is 456 g/mol. The maximum absolute atomic E-state index is 12.9. The van der Waals surface area contributed by atoms with E-state index >= 15 is 0 Å². The lowest BCUT2D eigenvalue weighted by Gasteiger charge is -2.10. The van der Waals surface area contributed by atoms with Gasteiger partial charge >= 0.3 is 6.18 Å². The summed E-state index contributed by atoms with van der Waals surface area (Å²) in [6.07, 6.45) is -0.467. The third-order valence-corrected chi connectivity index (χ3v) is 4.32. The Balaban J connectivity index is 1.63. The Hall–Kier alpha value is -4.34. The second kappa shape index (κ2) is 9.86. The fraction of sp³-hybridized carbons (Fsp3) is 0.0870. The van der Waals surface area contributed by atoms with E-state index < -0.39 is 23.6 Å². The zero-order valence-electron chi connectivity index (χ0n) is 17.1. The minimum Gasteiger partial charge on any atom is -0.489 e. The largest absolute Gasteiger partial charge is 0.489 e. The molecule has 0 fully saturated rings. The molecule has 0 atom stereocenters. The molecule has 7 nitrogen and oxygen atoms in total. The number of nitrogens with two attached hydrogens (primary N) is 2. The van der Waals surface area contributed by atoms with Gasteiger partial charge in [0.05, 0.1) is 5.56 Å². The summed E-state index contributed by atoms with van der Waals surface area (Å²) in [5.41, 5.74) is 11.0. The Morgan fingerprint density at radius 3 is 2.61 bits per heavy atom. The van der Waals surface area contributed by atoms with Gasteiger partial charge in [-0.15, -0.1) is 0 Å². The van der Waals surface area contributed by atoms with E-state index in [0.29, 0.717) is 16.9 Å². The zero-order chi connectivity index (χ0) is 24.0. The van der Waals surface area contributed by atoms with Crippen LogP contribution >= 0.6 is 0 Å². The number of benzene rings is 2. The summed E-state index contributed by atoms with van der Waals surface area (Å²) in [4.78, 5) is 27.2. The normalized spacial score (nSPS) is 11.4. The Bertz CT molecular complexity index is 1210. The minimum absolute atomic E-state index is 0.0678. The second-order valence-corrected chi connectivity index (χ2v) is 6.94. The lowest BCUT2D eigenvalue weighted by Crippen LogP contribution is -2.13. The van der Waals surface area contributed by atoms with Crippen LogP contribution in [0.3, 0.4) is 0 Å². The second-order valence-electron chi connectivity index (χ2n) is 6.94. The van der Waals surface area contributed by atoms with Gasteiger partial charge in [0.25, 0.3) is 5.91 Å². The zero-order valence-corrected chi connectivity index (χ0v) is 17.1. The fourth-order valence-electron chi connectivity index (χ4n) is 2.82. The summed E-state index contributed by atoms with van der Waals surface area (Å²) in [5, 5.41) is 2.36. The number of nitrogens with one attached hydrogen (secondary N) is 1. The van der Waals surface area contributed by atoms with E-state index in [1.807, 2.05) is 0 Å². The molecule has 1 heterocycles. The van der Waals surface area contributed by atoms with Crippen molar-refractivity contribution in [2.75, 3.05) is 11.1 Å². The predicted molar refractivity (Wildman–Crippen MR) is 117 cm³/mol. The number of hydrogen-bond acceptors (Lipinski definition) is 5. The standard InChI is InChI=1S/C23H19F3N4O3/c24-23(25,26)16-10-17(27)12-18(11-16)30-21(31)5-4-14-2-1-3-19(8-14)33-13-15-6-7-29-20(9-15)22(28)32/h1-12H,13,27H2,(H2,28,32)(H,30,31). The van der Waals surface area contributed by atoms with Gasteiger partial charge < -0.3 is 21.5 Å². The van der Waals surface area contributed by atoms with E-state index in [0.717, 1.165) is 12.1 Å². The van der Waals surface area contributed by atoms with Crippen LogP contribution in [0.4, 0.5) is 24.5 Å². The van der Waals surface area contributed by atoms with Crippen molar-refractivity contribution in [1.82, 2.24) is 4.98 Å². The highest BCUT2D eigenvalue weighted by Crippen LogP contribution is 2.32. The topological polar surface area (TPSA) is 120 Å². The van der Waals surface area contributed by atoms with Crippen molar-refractivity contribution >= 4 is 29.3 Å². The number of rotatable bonds is 7. The lowest BCUT2D eigenvalue weighted by atomic mass is 10.1. The number of carbonyl (C=O) groups is 2. The highest BCUT2D eigenvalue weighted by Gasteiger charge is 2.31. The molecule has 3 aromatic rings. The van der Waals surface area contributed by atoms with E-state index in [1.54, 1.807) is 30.3 Å². The van der Waals surface area contributed by atoms with E-state index in [9.17, 15) is 22.8 Å². The van der Waals surface area contributed by atoms with Crippen molar-refractivity contribution in [2.45, 2.75) is 12.8 Å². The van der Waals surface area contributed by atoms with Crippen LogP contribution in [0.2, 0.25) is 0 Å². The summed E-state index contributed by atoms with van der Waals surface area (Å²) in [7, 11) is 0. The van der Waals surface area contributed by atoms with Crippen LogP contribution in [0.25, 0.3) is 6.08 Å². The van der Waals surface area contributed by atoms with E-state index in [4.69, 9.17) is 16.2 Å². The molecule has 3 rings (SSSR count). The predicted octanol–water partition coefficient (Wildman–Crippen LogP) is 4.01. The molecule has 33 heavy (non-hydrogen) atoms. The molecule has 0 radical (unpaired) electrons. The smallest absolute Gasteiger partial charge is 0.416 e. The Morgan fingerprint density at radius 2 is 1.88 bits per heavy atom. The quantitative estimate of drug-likeness (QED) is 0.366. The van der Waals surface area contributed by atoms with Crippen molar-refractivity contribution in [3.05, 3.63) is 89.3 Å². The summed E-state index contributed by atoms with van der Waals surface area (Å²) in [5.74, 6) is -0.772. The molecule has 10 heteroatoms. The van der Waals surface area contributed by atoms with E-state index in [1.165, 1.54) is 30.5 Å². The summed E-state index contributed by atoms with van der Waals surface area (Å²) in [6.45, 7) is 0.160. The molecule has 1 aromatic heterocycles. The van der Waals surface area contributed by atoms with Crippen molar-refractivity contribution in [1.29, 1.82) is 0 Å². The van der Waals surface area contributed by atoms with Gasteiger partial charge in [-0.25, -0.2) is 0 Å². The maximum Gasteiger partial charge on any atom is 0.416 e. The van der Waals surface area contributed by atoms with Gasteiger partial charge in [0.2, 0.25) is 5.91 Å². The third kappa shape index (κ3) is 6.82. The molecule has 2 aromatic carbocycles. The summed E-state index contributed by atoms with van der Waals surface area (Å²) >= 11 is 0.